The zero-order valence-electron chi connectivity index (χ0n) is 12.6. The highest BCUT2D eigenvalue weighted by atomic mass is 28.4. The van der Waals surface area contributed by atoms with Crippen molar-refractivity contribution in [3.63, 3.8) is 0 Å². The molecule has 0 unspecified atom stereocenters. The van der Waals surface area contributed by atoms with Crippen molar-refractivity contribution in [3.8, 4) is 0 Å². The van der Waals surface area contributed by atoms with Gasteiger partial charge in [0.15, 0.2) is 16.6 Å². The minimum Gasteiger partial charge on any atom is -0.456 e. The van der Waals surface area contributed by atoms with E-state index < -0.39 is 25.9 Å². The Hall–Kier alpha value is 0.531. The molecule has 0 atom stereocenters. The molecule has 0 saturated carbocycles. The van der Waals surface area contributed by atoms with Gasteiger partial charge in [-0.25, -0.2) is 0 Å². The summed E-state index contributed by atoms with van der Waals surface area (Å²) in [5, 5.41) is 0. The first kappa shape index (κ1) is 17.5. The van der Waals surface area contributed by atoms with Crippen LogP contribution in [0.4, 0.5) is 0 Å². The smallest absolute Gasteiger partial charge is 0.384 e. The van der Waals surface area contributed by atoms with Crippen molar-refractivity contribution in [3.05, 3.63) is 0 Å². The van der Waals surface area contributed by atoms with Gasteiger partial charge in [0.05, 0.1) is 0 Å². The fourth-order valence-electron chi connectivity index (χ4n) is 1.79. The van der Waals surface area contributed by atoms with Crippen LogP contribution in [0.3, 0.4) is 0 Å². The van der Waals surface area contributed by atoms with Crippen LogP contribution in [-0.2, 0) is 13.0 Å². The van der Waals surface area contributed by atoms with Gasteiger partial charge in [-0.15, -0.1) is 0 Å². The molecule has 0 aliphatic heterocycles. The van der Waals surface area contributed by atoms with Crippen LogP contribution in [0.2, 0.25) is 44.8 Å². The van der Waals surface area contributed by atoms with Crippen LogP contribution in [-0.4, -0.2) is 39.1 Å². The molecule has 103 valence electrons. The Morgan fingerprint density at radius 2 is 1.35 bits per heavy atom. The van der Waals surface area contributed by atoms with E-state index >= 15 is 0 Å². The second-order valence-electron chi connectivity index (χ2n) is 5.71. The lowest BCUT2D eigenvalue weighted by Gasteiger charge is -2.32. The molecule has 3 nitrogen and oxygen atoms in total. The summed E-state index contributed by atoms with van der Waals surface area (Å²) in [5.74, 6) is 0. The molecule has 17 heavy (non-hydrogen) atoms. The zero-order chi connectivity index (χ0) is 13.5. The lowest BCUT2D eigenvalue weighted by atomic mass is 10.9. The van der Waals surface area contributed by atoms with Gasteiger partial charge in [0, 0.05) is 13.2 Å². The van der Waals surface area contributed by atoms with Crippen LogP contribution in [0.15, 0.2) is 0 Å². The predicted octanol–water partition coefficient (Wildman–Crippen LogP) is 3.60. The Bertz CT molecular complexity index is 199. The third kappa shape index (κ3) is 10.2. The Balaban J connectivity index is 4.12. The first-order valence-corrected chi connectivity index (χ1v) is 14.6. The number of rotatable bonds is 9. The largest absolute Gasteiger partial charge is 0.456 e. The van der Waals surface area contributed by atoms with Gasteiger partial charge in [-0.2, -0.15) is 0 Å². The summed E-state index contributed by atoms with van der Waals surface area (Å²) in [6.45, 7) is 17.0. The van der Waals surface area contributed by atoms with Gasteiger partial charge in [0.25, 0.3) is 0 Å². The molecule has 0 aliphatic rings. The Kier molecular flexibility index (Phi) is 8.10. The van der Waals surface area contributed by atoms with Crippen molar-refractivity contribution in [2.24, 2.45) is 0 Å². The summed E-state index contributed by atoms with van der Waals surface area (Å²) >= 11 is 0. The molecule has 0 fully saturated rings. The van der Waals surface area contributed by atoms with Crippen LogP contribution >= 0.6 is 0 Å². The third-order valence-electron chi connectivity index (χ3n) is 2.12. The molecule has 0 rings (SSSR count). The lowest BCUT2D eigenvalue weighted by molar-refractivity contribution is 0.214. The maximum Gasteiger partial charge on any atom is 0.384 e. The molecule has 0 heterocycles. The molecule has 0 aliphatic carbocycles. The first-order valence-electron chi connectivity index (χ1n) is 6.52. The molecular formula is C11H29O3Si3. The Labute approximate surface area is 111 Å². The van der Waals surface area contributed by atoms with E-state index in [0.717, 1.165) is 25.3 Å². The molecule has 0 N–H and O–H groups in total. The van der Waals surface area contributed by atoms with Gasteiger partial charge in [0.1, 0.15) is 0 Å². The Morgan fingerprint density at radius 3 is 1.71 bits per heavy atom. The van der Waals surface area contributed by atoms with Gasteiger partial charge in [-0.05, 0) is 58.7 Å². The van der Waals surface area contributed by atoms with Crippen molar-refractivity contribution in [2.75, 3.05) is 13.2 Å². The highest BCUT2D eigenvalue weighted by Gasteiger charge is 2.31. The van der Waals surface area contributed by atoms with E-state index in [-0.39, 0.29) is 0 Å². The van der Waals surface area contributed by atoms with Crippen molar-refractivity contribution < 1.29 is 13.0 Å². The predicted molar refractivity (Wildman–Crippen MR) is 80.5 cm³/mol. The van der Waals surface area contributed by atoms with Crippen LogP contribution in [0.5, 0.6) is 0 Å². The number of hydrogen-bond acceptors (Lipinski definition) is 3. The van der Waals surface area contributed by atoms with Crippen molar-refractivity contribution >= 4 is 25.9 Å². The molecule has 0 aromatic rings. The second-order valence-corrected chi connectivity index (χ2v) is 16.6. The summed E-state index contributed by atoms with van der Waals surface area (Å²) in [7, 11) is -4.01. The summed E-state index contributed by atoms with van der Waals surface area (Å²) in [6, 6.07) is 2.20. The summed E-state index contributed by atoms with van der Waals surface area (Å²) in [6.07, 6.45) is 0. The summed E-state index contributed by atoms with van der Waals surface area (Å²) in [5.41, 5.74) is 0. The minimum absolute atomic E-state index is 0.755. The lowest BCUT2D eigenvalue weighted by Crippen LogP contribution is -2.43. The van der Waals surface area contributed by atoms with Crippen molar-refractivity contribution in [1.82, 2.24) is 0 Å². The standard InChI is InChI=1S/C11H29O3Si3/c1-8-12-15(13-9-2)10-11-17(6,7)14-16(3,4)5/h8-11H2,1-7H3. The molecule has 0 aromatic heterocycles. The second kappa shape index (κ2) is 7.85. The van der Waals surface area contributed by atoms with Crippen LogP contribution in [0, 0.1) is 0 Å². The SMILES string of the molecule is CCO[Si](CC[Si](C)(C)O[Si](C)(C)C)OCC. The van der Waals surface area contributed by atoms with Crippen molar-refractivity contribution in [1.29, 1.82) is 0 Å². The number of hydrogen-bond donors (Lipinski definition) is 0. The van der Waals surface area contributed by atoms with Crippen LogP contribution in [0.25, 0.3) is 0 Å². The molecule has 0 saturated heterocycles. The van der Waals surface area contributed by atoms with Gasteiger partial charge in [-0.3, -0.25) is 0 Å². The topological polar surface area (TPSA) is 27.7 Å². The normalized spacial score (nSPS) is 13.4. The third-order valence-corrected chi connectivity index (χ3v) is 10.6. The molecular weight excluding hydrogens is 264 g/mol. The monoisotopic (exact) mass is 293 g/mol. The van der Waals surface area contributed by atoms with E-state index in [1.807, 2.05) is 13.8 Å². The van der Waals surface area contributed by atoms with E-state index in [2.05, 4.69) is 32.7 Å². The summed E-state index contributed by atoms with van der Waals surface area (Å²) < 4.78 is 17.6. The molecule has 0 amide bonds. The Morgan fingerprint density at radius 1 is 0.882 bits per heavy atom. The molecule has 0 aromatic carbocycles. The van der Waals surface area contributed by atoms with Crippen LogP contribution < -0.4 is 0 Å². The van der Waals surface area contributed by atoms with Gasteiger partial charge in [-0.1, -0.05) is 0 Å². The van der Waals surface area contributed by atoms with Crippen molar-refractivity contribution in [2.45, 2.75) is 58.7 Å². The van der Waals surface area contributed by atoms with E-state index in [9.17, 15) is 0 Å². The fourth-order valence-corrected chi connectivity index (χ4v) is 13.1. The maximum atomic E-state index is 6.31. The zero-order valence-corrected chi connectivity index (χ0v) is 15.6. The van der Waals surface area contributed by atoms with E-state index in [0.29, 0.717) is 0 Å². The molecule has 0 spiro atoms. The highest BCUT2D eigenvalue weighted by Crippen LogP contribution is 2.21. The fraction of sp³-hybridized carbons (Fsp3) is 1.00. The highest BCUT2D eigenvalue weighted by molar-refractivity contribution is 6.84. The maximum absolute atomic E-state index is 6.31. The van der Waals surface area contributed by atoms with Crippen LogP contribution in [0.1, 0.15) is 13.8 Å². The molecule has 0 bridgehead atoms. The minimum atomic E-state index is -1.53. The van der Waals surface area contributed by atoms with E-state index in [4.69, 9.17) is 13.0 Å². The van der Waals surface area contributed by atoms with Gasteiger partial charge < -0.3 is 13.0 Å². The quantitative estimate of drug-likeness (QED) is 0.608. The average molecular weight is 294 g/mol. The summed E-state index contributed by atoms with van der Waals surface area (Å²) in [4.78, 5) is 0. The molecule has 6 heteroatoms. The van der Waals surface area contributed by atoms with Gasteiger partial charge in [0.2, 0.25) is 0 Å². The first-order chi connectivity index (χ1) is 7.70. The average Bonchev–Trinajstić information content (AvgIpc) is 2.11. The van der Waals surface area contributed by atoms with E-state index in [1.54, 1.807) is 0 Å². The van der Waals surface area contributed by atoms with E-state index in [1.165, 1.54) is 0 Å². The molecule has 1 radical (unpaired) electrons. The van der Waals surface area contributed by atoms with Gasteiger partial charge >= 0.3 is 9.28 Å².